The molecule has 0 aromatic heterocycles. The van der Waals surface area contributed by atoms with Crippen LogP contribution >= 0.6 is 24.8 Å². The van der Waals surface area contributed by atoms with Gasteiger partial charge in [0.05, 0.1) is 0 Å². The predicted molar refractivity (Wildman–Crippen MR) is 158 cm³/mol. The van der Waals surface area contributed by atoms with Crippen molar-refractivity contribution in [2.45, 2.75) is 70.9 Å². The fraction of sp³-hybridized carbons (Fsp3) is 0.467. The molecule has 186 valence electrons. The second-order valence-electron chi connectivity index (χ2n) is 12.7. The average Bonchev–Trinajstić information content (AvgIpc) is 3.15. The van der Waals surface area contributed by atoms with Crippen LogP contribution in [0.4, 0.5) is 0 Å². The van der Waals surface area contributed by atoms with Crippen molar-refractivity contribution in [1.82, 2.24) is 0 Å². The van der Waals surface area contributed by atoms with Gasteiger partial charge in [0, 0.05) is 0 Å². The van der Waals surface area contributed by atoms with E-state index in [9.17, 15) is 0 Å². The summed E-state index contributed by atoms with van der Waals surface area (Å²) in [6.45, 7) is 16.5. The van der Waals surface area contributed by atoms with Crippen molar-refractivity contribution < 1.29 is 17.4 Å². The summed E-state index contributed by atoms with van der Waals surface area (Å²) in [4.78, 5) is 0. The molecule has 0 nitrogen and oxygen atoms in total. The van der Waals surface area contributed by atoms with E-state index in [0.717, 1.165) is 0 Å². The van der Waals surface area contributed by atoms with E-state index in [1.807, 2.05) is 0 Å². The van der Waals surface area contributed by atoms with Gasteiger partial charge in [0.1, 0.15) is 0 Å². The Morgan fingerprint density at radius 3 is 1.38 bits per heavy atom. The van der Waals surface area contributed by atoms with Crippen molar-refractivity contribution in [3.63, 3.8) is 0 Å². The standard InChI is InChI=1S/2C14H17.2CH3.2ClH.H2Si.Zr/c2*1-10(2)6-12-4-5-13-7-11(3)8-14(13)9-12;;;;;;/h2*4-5,7-10H,6H2,1-3H3;2*1H3;2*1H;1H2;. The fourth-order valence-corrected chi connectivity index (χ4v) is 28.4. The molecule has 0 saturated heterocycles. The second-order valence-corrected chi connectivity index (χ2v) is 43.2. The van der Waals surface area contributed by atoms with E-state index < -0.39 is 17.4 Å². The van der Waals surface area contributed by atoms with Crippen LogP contribution in [0.1, 0.15) is 82.2 Å². The van der Waals surface area contributed by atoms with Crippen molar-refractivity contribution >= 4 is 43.8 Å². The van der Waals surface area contributed by atoms with E-state index in [4.69, 9.17) is 0 Å². The minimum atomic E-state index is -3.29. The van der Waals surface area contributed by atoms with Gasteiger partial charge in [0.15, 0.2) is 0 Å². The SMILES string of the molecule is CC1=Cc2cc(CC(C)C)ccc2[CH]1[Zr]([CH3])([CH3])(=[SiH2])[CH]1C(C)=Cc2cc(CC(C)C)ccc21.Cl.Cl. The molecule has 2 unspecified atom stereocenters. The quantitative estimate of drug-likeness (QED) is 0.293. The topological polar surface area (TPSA) is 0 Å². The monoisotopic (exact) mass is 592 g/mol. The largest absolute Gasteiger partial charge is 0.147 e. The van der Waals surface area contributed by atoms with Gasteiger partial charge in [-0.2, -0.15) is 0 Å². The molecular formula is C30H44Cl2SiZr. The maximum Gasteiger partial charge on any atom is -0.147 e. The van der Waals surface area contributed by atoms with Gasteiger partial charge in [-0.05, 0) is 0 Å². The maximum absolute atomic E-state index is 3.29. The molecule has 0 saturated carbocycles. The number of rotatable bonds is 6. The zero-order chi connectivity index (χ0) is 23.4. The summed E-state index contributed by atoms with van der Waals surface area (Å²) in [6.07, 6.45) is 7.37. The van der Waals surface area contributed by atoms with Crippen LogP contribution < -0.4 is 0 Å². The third-order valence-electron chi connectivity index (χ3n) is 7.79. The summed E-state index contributed by atoms with van der Waals surface area (Å²) in [7, 11) is 0. The third-order valence-corrected chi connectivity index (χ3v) is 25.7. The fourth-order valence-electron chi connectivity index (χ4n) is 7.05. The number of hydrogen-bond acceptors (Lipinski definition) is 0. The van der Waals surface area contributed by atoms with Gasteiger partial charge in [-0.1, -0.05) is 0 Å². The molecule has 0 spiro atoms. The molecule has 2 atom stereocenters. The zero-order valence-corrected chi connectivity index (χ0v) is 27.9. The number of allylic oxidation sites excluding steroid dienone is 2. The van der Waals surface area contributed by atoms with Crippen LogP contribution in [-0.2, 0) is 30.2 Å². The first-order chi connectivity index (χ1) is 14.9. The van der Waals surface area contributed by atoms with E-state index in [2.05, 4.69) is 106 Å². The number of benzene rings is 2. The van der Waals surface area contributed by atoms with E-state index >= 15 is 0 Å². The third kappa shape index (κ3) is 5.46. The molecule has 0 bridgehead atoms. The molecule has 0 heterocycles. The molecular weight excluding hydrogens is 551 g/mol. The van der Waals surface area contributed by atoms with E-state index in [1.54, 1.807) is 22.3 Å². The Labute approximate surface area is 223 Å². The van der Waals surface area contributed by atoms with Crippen molar-refractivity contribution in [3.05, 3.63) is 80.9 Å². The first-order valence-corrected chi connectivity index (χ1v) is 26.2. The van der Waals surface area contributed by atoms with Crippen molar-refractivity contribution in [1.29, 1.82) is 0 Å². The van der Waals surface area contributed by atoms with Crippen LogP contribution in [0.3, 0.4) is 0 Å². The second kappa shape index (κ2) is 10.5. The maximum atomic E-state index is 2.73. The van der Waals surface area contributed by atoms with Crippen LogP contribution in [-0.4, -0.2) is 6.88 Å². The van der Waals surface area contributed by atoms with Crippen LogP contribution in [0.25, 0.3) is 12.2 Å². The van der Waals surface area contributed by atoms with Gasteiger partial charge in [0.25, 0.3) is 0 Å². The first kappa shape index (κ1) is 29.8. The number of fused-ring (bicyclic) bond motifs is 2. The minimum Gasteiger partial charge on any atom is -0.147 e. The Balaban J connectivity index is 0.00000204. The first-order valence-electron chi connectivity index (χ1n) is 12.5. The summed E-state index contributed by atoms with van der Waals surface area (Å²) in [6, 6.07) is 14.8. The molecule has 2 aliphatic rings. The predicted octanol–water partition coefficient (Wildman–Crippen LogP) is 8.88. The molecule has 34 heavy (non-hydrogen) atoms. The Bertz CT molecular complexity index is 1110. The van der Waals surface area contributed by atoms with E-state index in [-0.39, 0.29) is 24.8 Å². The van der Waals surface area contributed by atoms with Gasteiger partial charge < -0.3 is 0 Å². The molecule has 0 aliphatic heterocycles. The Hall–Kier alpha value is -0.400. The molecule has 2 aromatic rings. The normalized spacial score (nSPS) is 19.3. The zero-order valence-electron chi connectivity index (χ0n) is 22.4. The molecule has 4 heteroatoms. The summed E-state index contributed by atoms with van der Waals surface area (Å²) in [5.41, 5.74) is 12.4. The summed E-state index contributed by atoms with van der Waals surface area (Å²) in [5, 5.41) is 0. The molecule has 4 rings (SSSR count). The van der Waals surface area contributed by atoms with Crippen molar-refractivity contribution in [2.24, 2.45) is 11.8 Å². The number of halogens is 2. The number of hydrogen-bond donors (Lipinski definition) is 0. The average molecular weight is 595 g/mol. The van der Waals surface area contributed by atoms with E-state index in [0.29, 0.717) is 19.1 Å². The smallest absolute Gasteiger partial charge is 0.147 e. The summed E-state index contributed by atoms with van der Waals surface area (Å²) >= 11 is -3.29. The summed E-state index contributed by atoms with van der Waals surface area (Å²) < 4.78 is 6.73. The van der Waals surface area contributed by atoms with Crippen molar-refractivity contribution in [3.8, 4) is 0 Å². The minimum absolute atomic E-state index is 0. The van der Waals surface area contributed by atoms with E-state index in [1.165, 1.54) is 35.1 Å². The molecule has 0 fully saturated rings. The van der Waals surface area contributed by atoms with Gasteiger partial charge in [-0.25, -0.2) is 0 Å². The van der Waals surface area contributed by atoms with Gasteiger partial charge in [-0.3, -0.25) is 0 Å². The van der Waals surface area contributed by atoms with Crippen LogP contribution in [0.2, 0.25) is 9.26 Å². The Morgan fingerprint density at radius 2 is 1.06 bits per heavy atom. The summed E-state index contributed by atoms with van der Waals surface area (Å²) in [5.74, 6) is 1.40. The Morgan fingerprint density at radius 1 is 0.706 bits per heavy atom. The Kier molecular flexibility index (Phi) is 9.24. The molecule has 2 aliphatic carbocycles. The van der Waals surface area contributed by atoms with Crippen LogP contribution in [0.15, 0.2) is 47.5 Å². The molecule has 0 amide bonds. The molecule has 0 radical (unpaired) electrons. The van der Waals surface area contributed by atoms with Gasteiger partial charge in [-0.15, -0.1) is 24.8 Å². The van der Waals surface area contributed by atoms with Crippen LogP contribution in [0, 0.1) is 11.8 Å². The van der Waals surface area contributed by atoms with Crippen molar-refractivity contribution in [2.75, 3.05) is 0 Å². The van der Waals surface area contributed by atoms with Crippen LogP contribution in [0.5, 0.6) is 0 Å². The molecule has 2 aromatic carbocycles. The van der Waals surface area contributed by atoms with Gasteiger partial charge in [0.2, 0.25) is 0 Å². The molecule has 0 N–H and O–H groups in total. The van der Waals surface area contributed by atoms with Gasteiger partial charge >= 0.3 is 200 Å².